The van der Waals surface area contributed by atoms with Gasteiger partial charge >= 0.3 is 6.18 Å². The molecule has 1 aromatic rings. The fourth-order valence-electron chi connectivity index (χ4n) is 2.52. The zero-order valence-electron chi connectivity index (χ0n) is 10.8. The topological polar surface area (TPSA) is 29.9 Å². The lowest BCUT2D eigenvalue weighted by atomic mass is 10.1. The van der Waals surface area contributed by atoms with Gasteiger partial charge in [0.15, 0.2) is 5.69 Å². The summed E-state index contributed by atoms with van der Waals surface area (Å²) >= 11 is 0. The molecule has 2 atom stereocenters. The number of alkyl halides is 3. The molecule has 6 heteroatoms. The molecule has 0 bridgehead atoms. The zero-order valence-corrected chi connectivity index (χ0v) is 10.8. The minimum atomic E-state index is -4.37. The van der Waals surface area contributed by atoms with E-state index in [4.69, 9.17) is 0 Å². The fraction of sp³-hybridized carbons (Fsp3) is 0.750. The molecule has 1 aromatic heterocycles. The highest BCUT2D eigenvalue weighted by Gasteiger charge is 2.40. The summed E-state index contributed by atoms with van der Waals surface area (Å²) in [6.07, 6.45) is -3.27. The predicted octanol–water partition coefficient (Wildman–Crippen LogP) is 3.08. The first kappa shape index (κ1) is 13.4. The third kappa shape index (κ3) is 2.13. The molecule has 102 valence electrons. The van der Waals surface area contributed by atoms with Crippen LogP contribution in [0, 0.1) is 0 Å². The second kappa shape index (κ2) is 4.57. The standard InChI is InChI=1S/C12H18F3N3/c1-4-5-9-10(12(13,14)15)17-11-8(3)16-6-7(2)18(9)11/h7-8,16H,4-6H2,1-3H3/t7-,8+/m0/s1. The van der Waals surface area contributed by atoms with Crippen molar-refractivity contribution in [2.75, 3.05) is 6.54 Å². The second-order valence-electron chi connectivity index (χ2n) is 4.86. The lowest BCUT2D eigenvalue weighted by Crippen LogP contribution is -2.35. The summed E-state index contributed by atoms with van der Waals surface area (Å²) in [6, 6.07) is -0.116. The quantitative estimate of drug-likeness (QED) is 0.886. The molecule has 0 saturated heterocycles. The van der Waals surface area contributed by atoms with E-state index in [2.05, 4.69) is 10.3 Å². The lowest BCUT2D eigenvalue weighted by Gasteiger charge is -2.29. The van der Waals surface area contributed by atoms with Crippen LogP contribution >= 0.6 is 0 Å². The molecule has 0 saturated carbocycles. The molecule has 18 heavy (non-hydrogen) atoms. The van der Waals surface area contributed by atoms with Gasteiger partial charge in [0.05, 0.1) is 11.7 Å². The van der Waals surface area contributed by atoms with Crippen LogP contribution in [0.5, 0.6) is 0 Å². The Morgan fingerprint density at radius 1 is 1.39 bits per heavy atom. The van der Waals surface area contributed by atoms with Crippen molar-refractivity contribution < 1.29 is 13.2 Å². The Balaban J connectivity index is 2.59. The number of hydrogen-bond donors (Lipinski definition) is 1. The Bertz CT molecular complexity index is 437. The Morgan fingerprint density at radius 2 is 2.06 bits per heavy atom. The van der Waals surface area contributed by atoms with Gasteiger partial charge in [-0.3, -0.25) is 0 Å². The second-order valence-corrected chi connectivity index (χ2v) is 4.86. The van der Waals surface area contributed by atoms with Crippen LogP contribution in [0.2, 0.25) is 0 Å². The van der Waals surface area contributed by atoms with Crippen LogP contribution in [0.4, 0.5) is 13.2 Å². The number of imidazole rings is 1. The Kier molecular flexibility index (Phi) is 3.40. The van der Waals surface area contributed by atoms with E-state index in [1.54, 1.807) is 4.57 Å². The first-order chi connectivity index (χ1) is 8.36. The molecule has 1 aliphatic rings. The number of halogens is 3. The summed E-state index contributed by atoms with van der Waals surface area (Å²) in [4.78, 5) is 3.85. The maximum Gasteiger partial charge on any atom is 0.435 e. The van der Waals surface area contributed by atoms with Crippen molar-refractivity contribution in [3.63, 3.8) is 0 Å². The van der Waals surface area contributed by atoms with Crippen molar-refractivity contribution in [3.8, 4) is 0 Å². The van der Waals surface area contributed by atoms with Gasteiger partial charge < -0.3 is 9.88 Å². The SMILES string of the molecule is CCCc1c(C(F)(F)F)nc2n1[C@@H](C)CN[C@@H]2C. The Morgan fingerprint density at radius 3 is 2.61 bits per heavy atom. The van der Waals surface area contributed by atoms with Crippen LogP contribution in [0.1, 0.15) is 56.5 Å². The molecule has 3 nitrogen and oxygen atoms in total. The normalized spacial score (nSPS) is 24.1. The molecule has 0 unspecified atom stereocenters. The van der Waals surface area contributed by atoms with Gasteiger partial charge in [0.25, 0.3) is 0 Å². The molecule has 0 spiro atoms. The monoisotopic (exact) mass is 261 g/mol. The van der Waals surface area contributed by atoms with Crippen molar-refractivity contribution in [2.45, 2.75) is 51.9 Å². The molecule has 2 rings (SSSR count). The Hall–Kier alpha value is -1.04. The highest BCUT2D eigenvalue weighted by Crippen LogP contribution is 2.36. The average molecular weight is 261 g/mol. The molecular weight excluding hydrogens is 243 g/mol. The molecule has 0 aromatic carbocycles. The van der Waals surface area contributed by atoms with Gasteiger partial charge in [-0.1, -0.05) is 13.3 Å². The number of rotatable bonds is 2. The van der Waals surface area contributed by atoms with Gasteiger partial charge in [-0.2, -0.15) is 13.2 Å². The van der Waals surface area contributed by atoms with Gasteiger partial charge in [-0.15, -0.1) is 0 Å². The number of hydrogen-bond acceptors (Lipinski definition) is 2. The number of nitrogens with one attached hydrogen (secondary N) is 1. The van der Waals surface area contributed by atoms with E-state index in [1.165, 1.54) is 0 Å². The predicted molar refractivity (Wildman–Crippen MR) is 62.4 cm³/mol. The zero-order chi connectivity index (χ0) is 13.5. The average Bonchev–Trinajstić information content (AvgIpc) is 2.65. The summed E-state index contributed by atoms with van der Waals surface area (Å²) < 4.78 is 40.8. The van der Waals surface area contributed by atoms with Crippen LogP contribution in [0.25, 0.3) is 0 Å². The molecule has 0 aliphatic carbocycles. The van der Waals surface area contributed by atoms with Gasteiger partial charge in [-0.25, -0.2) is 4.98 Å². The molecule has 1 aliphatic heterocycles. The van der Waals surface area contributed by atoms with Crippen LogP contribution in [-0.2, 0) is 12.6 Å². The third-order valence-corrected chi connectivity index (χ3v) is 3.34. The highest BCUT2D eigenvalue weighted by molar-refractivity contribution is 5.24. The van der Waals surface area contributed by atoms with E-state index in [0.29, 0.717) is 30.9 Å². The van der Waals surface area contributed by atoms with Crippen molar-refractivity contribution in [2.24, 2.45) is 0 Å². The first-order valence-corrected chi connectivity index (χ1v) is 6.27. The summed E-state index contributed by atoms with van der Waals surface area (Å²) in [5.41, 5.74) is -0.373. The number of nitrogens with zero attached hydrogens (tertiary/aromatic N) is 2. The van der Waals surface area contributed by atoms with E-state index in [-0.39, 0.29) is 12.1 Å². The summed E-state index contributed by atoms with van der Waals surface area (Å²) in [7, 11) is 0. The van der Waals surface area contributed by atoms with E-state index in [9.17, 15) is 13.2 Å². The third-order valence-electron chi connectivity index (χ3n) is 3.34. The highest BCUT2D eigenvalue weighted by atomic mass is 19.4. The maximum atomic E-state index is 13.0. The molecular formula is C12H18F3N3. The number of aromatic nitrogens is 2. The van der Waals surface area contributed by atoms with Crippen molar-refractivity contribution >= 4 is 0 Å². The first-order valence-electron chi connectivity index (χ1n) is 6.27. The van der Waals surface area contributed by atoms with Gasteiger partial charge in [-0.05, 0) is 20.3 Å². The number of fused-ring (bicyclic) bond motifs is 1. The Labute approximate surface area is 104 Å². The summed E-state index contributed by atoms with van der Waals surface area (Å²) in [5.74, 6) is 0.504. The van der Waals surface area contributed by atoms with E-state index in [1.807, 2.05) is 20.8 Å². The molecule has 0 radical (unpaired) electrons. The van der Waals surface area contributed by atoms with Gasteiger partial charge in [0.2, 0.25) is 0 Å². The van der Waals surface area contributed by atoms with Crippen molar-refractivity contribution in [1.29, 1.82) is 0 Å². The minimum absolute atomic E-state index is 0.0151. The molecule has 2 heterocycles. The fourth-order valence-corrected chi connectivity index (χ4v) is 2.52. The smallest absolute Gasteiger partial charge is 0.326 e. The maximum absolute atomic E-state index is 13.0. The van der Waals surface area contributed by atoms with E-state index < -0.39 is 11.9 Å². The van der Waals surface area contributed by atoms with Crippen molar-refractivity contribution in [3.05, 3.63) is 17.2 Å². The molecule has 1 N–H and O–H groups in total. The largest absolute Gasteiger partial charge is 0.435 e. The van der Waals surface area contributed by atoms with E-state index in [0.717, 1.165) is 0 Å². The van der Waals surface area contributed by atoms with E-state index >= 15 is 0 Å². The molecule has 0 amide bonds. The van der Waals surface area contributed by atoms with Gasteiger partial charge in [0, 0.05) is 12.6 Å². The van der Waals surface area contributed by atoms with Crippen molar-refractivity contribution in [1.82, 2.24) is 14.9 Å². The van der Waals surface area contributed by atoms with Gasteiger partial charge in [0.1, 0.15) is 5.82 Å². The van der Waals surface area contributed by atoms with Crippen LogP contribution in [0.3, 0.4) is 0 Å². The van der Waals surface area contributed by atoms with Crippen LogP contribution in [-0.4, -0.2) is 16.1 Å². The summed E-state index contributed by atoms with van der Waals surface area (Å²) in [5, 5.41) is 3.17. The van der Waals surface area contributed by atoms with Crippen LogP contribution in [0.15, 0.2) is 0 Å². The van der Waals surface area contributed by atoms with Crippen LogP contribution < -0.4 is 5.32 Å². The molecule has 0 fully saturated rings. The minimum Gasteiger partial charge on any atom is -0.326 e. The lowest BCUT2D eigenvalue weighted by molar-refractivity contribution is -0.141. The summed E-state index contributed by atoms with van der Waals surface area (Å²) in [6.45, 7) is 6.33.